The minimum absolute atomic E-state index is 0. The largest absolute Gasteiger partial charge is 0.357 e. The number of aryl methyl sites for hydroxylation is 1. The van der Waals surface area contributed by atoms with E-state index >= 15 is 0 Å². The Morgan fingerprint density at radius 1 is 1.17 bits per heavy atom. The van der Waals surface area contributed by atoms with Crippen LogP contribution in [0.5, 0.6) is 0 Å². The molecule has 0 bridgehead atoms. The Balaban J connectivity index is 0.00000450. The molecule has 2 aromatic rings. The van der Waals surface area contributed by atoms with Gasteiger partial charge in [0.25, 0.3) is 0 Å². The molecule has 0 spiro atoms. The highest BCUT2D eigenvalue weighted by molar-refractivity contribution is 14.0. The maximum absolute atomic E-state index is 12.0. The molecular weight excluding hydrogens is 533 g/mol. The Labute approximate surface area is 201 Å². The van der Waals surface area contributed by atoms with E-state index in [0.29, 0.717) is 6.54 Å². The molecule has 2 rings (SSSR count). The van der Waals surface area contributed by atoms with Crippen molar-refractivity contribution >= 4 is 51.3 Å². The van der Waals surface area contributed by atoms with Gasteiger partial charge in [0, 0.05) is 30.9 Å². The first-order valence-corrected chi connectivity index (χ1v) is 12.3. The number of nitrogens with zero attached hydrogens (tertiary/aromatic N) is 2. The molecule has 1 aromatic heterocycles. The summed E-state index contributed by atoms with van der Waals surface area (Å²) in [7, 11) is -3.31. The van der Waals surface area contributed by atoms with Gasteiger partial charge in [-0.15, -0.1) is 35.3 Å². The van der Waals surface area contributed by atoms with Crippen LogP contribution < -0.4 is 15.4 Å². The molecule has 168 valence electrons. The van der Waals surface area contributed by atoms with E-state index in [0.717, 1.165) is 47.3 Å². The first-order valence-electron chi connectivity index (χ1n) is 9.78. The Bertz CT molecular complexity index is 896. The Hall–Kier alpha value is -1.24. The monoisotopic (exact) mass is 565 g/mol. The average Bonchev–Trinajstić information content (AvgIpc) is 3.04. The summed E-state index contributed by atoms with van der Waals surface area (Å²) >= 11 is 1.66. The predicted octanol–water partition coefficient (Wildman–Crippen LogP) is 3.20. The standard InChI is InChI=1S/C20H31N5O2S2.HI/c1-5-21-20(22-11-10-19-13-28-16(4)24-19)23-12-17-6-8-18(9-7-17)14-29(26,27)25-15(2)3;/h6-9,13,15,25H,5,10-12,14H2,1-4H3,(H2,21,22,23);1H. The summed E-state index contributed by atoms with van der Waals surface area (Å²) < 4.78 is 26.7. The summed E-state index contributed by atoms with van der Waals surface area (Å²) in [5, 5.41) is 9.73. The number of thiazole rings is 1. The van der Waals surface area contributed by atoms with E-state index in [1.807, 2.05) is 52.0 Å². The molecule has 10 heteroatoms. The van der Waals surface area contributed by atoms with Crippen molar-refractivity contribution in [3.05, 3.63) is 51.5 Å². The van der Waals surface area contributed by atoms with E-state index in [1.54, 1.807) is 11.3 Å². The van der Waals surface area contributed by atoms with Crippen LogP contribution in [0, 0.1) is 6.92 Å². The van der Waals surface area contributed by atoms with Crippen LogP contribution in [0.25, 0.3) is 0 Å². The molecule has 0 atom stereocenters. The molecule has 0 aliphatic rings. The van der Waals surface area contributed by atoms with Crippen molar-refractivity contribution in [2.75, 3.05) is 13.1 Å². The molecule has 0 aliphatic carbocycles. The van der Waals surface area contributed by atoms with Crippen LogP contribution in [0.4, 0.5) is 0 Å². The highest BCUT2D eigenvalue weighted by Gasteiger charge is 2.12. The van der Waals surface area contributed by atoms with Gasteiger partial charge in [-0.3, -0.25) is 0 Å². The van der Waals surface area contributed by atoms with Crippen LogP contribution in [-0.2, 0) is 28.7 Å². The van der Waals surface area contributed by atoms with Crippen LogP contribution in [0.3, 0.4) is 0 Å². The predicted molar refractivity (Wildman–Crippen MR) is 136 cm³/mol. The molecule has 0 fully saturated rings. The molecule has 0 radical (unpaired) electrons. The number of hydrogen-bond acceptors (Lipinski definition) is 5. The van der Waals surface area contributed by atoms with E-state index in [4.69, 9.17) is 0 Å². The summed E-state index contributed by atoms with van der Waals surface area (Å²) in [5.74, 6) is 0.738. The normalized spacial score (nSPS) is 12.0. The first-order chi connectivity index (χ1) is 13.8. The second kappa shape index (κ2) is 13.2. The van der Waals surface area contributed by atoms with Crippen LogP contribution in [0.15, 0.2) is 34.6 Å². The fourth-order valence-corrected chi connectivity index (χ4v) is 4.79. The lowest BCUT2D eigenvalue weighted by atomic mass is 10.1. The van der Waals surface area contributed by atoms with Crippen molar-refractivity contribution in [2.45, 2.75) is 52.5 Å². The smallest absolute Gasteiger partial charge is 0.216 e. The van der Waals surface area contributed by atoms with Gasteiger partial charge in [0.1, 0.15) is 0 Å². The highest BCUT2D eigenvalue weighted by Crippen LogP contribution is 2.10. The quantitative estimate of drug-likeness (QED) is 0.234. The second-order valence-corrected chi connectivity index (χ2v) is 9.89. The van der Waals surface area contributed by atoms with Crippen LogP contribution in [-0.4, -0.2) is 38.5 Å². The fourth-order valence-electron chi connectivity index (χ4n) is 2.71. The van der Waals surface area contributed by atoms with Crippen LogP contribution in [0.2, 0.25) is 0 Å². The number of aliphatic imine (C=N–C) groups is 1. The molecule has 1 heterocycles. The zero-order chi connectivity index (χ0) is 21.3. The lowest BCUT2D eigenvalue weighted by Gasteiger charge is -2.11. The maximum atomic E-state index is 12.0. The number of rotatable bonds is 10. The van der Waals surface area contributed by atoms with E-state index in [1.165, 1.54) is 0 Å². The van der Waals surface area contributed by atoms with Gasteiger partial charge in [0.05, 0.1) is 23.0 Å². The van der Waals surface area contributed by atoms with Crippen molar-refractivity contribution in [3.63, 3.8) is 0 Å². The van der Waals surface area contributed by atoms with Gasteiger partial charge in [-0.05, 0) is 38.8 Å². The number of guanidine groups is 1. The van der Waals surface area contributed by atoms with Gasteiger partial charge >= 0.3 is 0 Å². The van der Waals surface area contributed by atoms with Gasteiger partial charge in [-0.25, -0.2) is 23.1 Å². The van der Waals surface area contributed by atoms with Crippen molar-refractivity contribution in [1.82, 2.24) is 20.3 Å². The van der Waals surface area contributed by atoms with Crippen molar-refractivity contribution in [3.8, 4) is 0 Å². The topological polar surface area (TPSA) is 95.5 Å². The number of aromatic nitrogens is 1. The van der Waals surface area contributed by atoms with Gasteiger partial charge in [-0.2, -0.15) is 0 Å². The van der Waals surface area contributed by atoms with Gasteiger partial charge in [-0.1, -0.05) is 24.3 Å². The summed E-state index contributed by atoms with van der Waals surface area (Å²) in [6.07, 6.45) is 0.850. The maximum Gasteiger partial charge on any atom is 0.216 e. The number of hydrogen-bond donors (Lipinski definition) is 3. The Morgan fingerprint density at radius 2 is 1.83 bits per heavy atom. The van der Waals surface area contributed by atoms with Gasteiger partial charge in [0.15, 0.2) is 5.96 Å². The molecule has 0 aliphatic heterocycles. The van der Waals surface area contributed by atoms with Crippen molar-refractivity contribution in [1.29, 1.82) is 0 Å². The Morgan fingerprint density at radius 3 is 2.40 bits per heavy atom. The molecule has 3 N–H and O–H groups in total. The Kier molecular flexibility index (Phi) is 11.8. The SMILES string of the molecule is CCNC(=NCc1ccc(CS(=O)(=O)NC(C)C)cc1)NCCc1csc(C)n1.I. The lowest BCUT2D eigenvalue weighted by molar-refractivity contribution is 0.569. The average molecular weight is 566 g/mol. The van der Waals surface area contributed by atoms with Gasteiger partial charge in [0.2, 0.25) is 10.0 Å². The van der Waals surface area contributed by atoms with E-state index in [2.05, 4.69) is 30.7 Å². The zero-order valence-corrected chi connectivity index (χ0v) is 21.9. The van der Waals surface area contributed by atoms with Crippen LogP contribution >= 0.6 is 35.3 Å². The number of halogens is 1. The molecule has 0 saturated carbocycles. The van der Waals surface area contributed by atoms with E-state index in [-0.39, 0.29) is 35.8 Å². The lowest BCUT2D eigenvalue weighted by Crippen LogP contribution is -2.38. The molecule has 0 amide bonds. The molecule has 0 unspecified atom stereocenters. The van der Waals surface area contributed by atoms with Crippen molar-refractivity contribution < 1.29 is 8.42 Å². The summed E-state index contributed by atoms with van der Waals surface area (Å²) in [6, 6.07) is 7.42. The third-order valence-corrected chi connectivity index (χ3v) is 6.27. The second-order valence-electron chi connectivity index (χ2n) is 7.08. The number of sulfonamides is 1. The molecule has 7 nitrogen and oxygen atoms in total. The number of benzene rings is 1. The number of nitrogens with one attached hydrogen (secondary N) is 3. The third kappa shape index (κ3) is 10.2. The third-order valence-electron chi connectivity index (χ3n) is 3.90. The summed E-state index contributed by atoms with van der Waals surface area (Å²) in [6.45, 7) is 9.72. The summed E-state index contributed by atoms with van der Waals surface area (Å²) in [5.41, 5.74) is 2.87. The molecular formula is C20H32IN5O2S2. The first kappa shape index (κ1) is 26.8. The van der Waals surface area contributed by atoms with E-state index in [9.17, 15) is 8.42 Å². The van der Waals surface area contributed by atoms with Gasteiger partial charge < -0.3 is 10.6 Å². The highest BCUT2D eigenvalue weighted by atomic mass is 127. The van der Waals surface area contributed by atoms with Crippen LogP contribution in [0.1, 0.15) is 42.6 Å². The minimum Gasteiger partial charge on any atom is -0.357 e. The zero-order valence-electron chi connectivity index (χ0n) is 17.9. The summed E-state index contributed by atoms with van der Waals surface area (Å²) in [4.78, 5) is 9.08. The van der Waals surface area contributed by atoms with Crippen molar-refractivity contribution in [2.24, 2.45) is 4.99 Å². The molecule has 30 heavy (non-hydrogen) atoms. The molecule has 1 aromatic carbocycles. The fraction of sp³-hybridized carbons (Fsp3) is 0.500. The van der Waals surface area contributed by atoms with E-state index < -0.39 is 10.0 Å². The molecule has 0 saturated heterocycles. The minimum atomic E-state index is -3.31.